The second-order valence-electron chi connectivity index (χ2n) is 10.4. The minimum atomic E-state index is -0.487. The number of nitrogens with one attached hydrogen (secondary N) is 2. The molecular weight excluding hydrogens is 580 g/mol. The first-order chi connectivity index (χ1) is 22.0. The highest BCUT2D eigenvalue weighted by molar-refractivity contribution is 8.00. The van der Waals surface area contributed by atoms with Crippen LogP contribution in [0.5, 0.6) is 0 Å². The van der Waals surface area contributed by atoms with Gasteiger partial charge < -0.3 is 10.6 Å². The van der Waals surface area contributed by atoms with E-state index in [0.717, 1.165) is 26.7 Å². The van der Waals surface area contributed by atoms with E-state index in [1.807, 2.05) is 84.3 Å². The smallest absolute Gasteiger partial charge is 0.272 e. The van der Waals surface area contributed by atoms with Crippen LogP contribution >= 0.6 is 11.8 Å². The van der Waals surface area contributed by atoms with Crippen molar-refractivity contribution < 1.29 is 14.4 Å². The Kier molecular flexibility index (Phi) is 8.84. The van der Waals surface area contributed by atoms with Crippen molar-refractivity contribution in [3.63, 3.8) is 0 Å². The summed E-state index contributed by atoms with van der Waals surface area (Å²) in [6, 6.07) is 35.5. The van der Waals surface area contributed by atoms with E-state index in [1.165, 1.54) is 11.8 Å². The van der Waals surface area contributed by atoms with Crippen LogP contribution in [0, 0.1) is 0 Å². The standard InChI is InChI=1S/C37H30N4O3S/c1-2-34(37(44)41-32-19-8-6-17-29(32)30-18-7-9-20-33(30)41)45-28-16-10-15-27(23-28)39-36(43)31(22-25-12-11-21-38-24-25)40-35(42)26-13-4-3-5-14-26/h3-24,34H,2H2,1H3,(H,39,43)(H,40,42)/b31-22+. The van der Waals surface area contributed by atoms with Gasteiger partial charge in [0, 0.05) is 39.3 Å². The van der Waals surface area contributed by atoms with E-state index >= 15 is 0 Å². The summed E-state index contributed by atoms with van der Waals surface area (Å²) in [4.78, 5) is 45.4. The molecular formula is C37H30N4O3S. The number of rotatable bonds is 9. The maximum absolute atomic E-state index is 14.0. The molecule has 0 radical (unpaired) electrons. The second kappa shape index (κ2) is 13.4. The van der Waals surface area contributed by atoms with Gasteiger partial charge in [-0.1, -0.05) is 73.7 Å². The summed E-state index contributed by atoms with van der Waals surface area (Å²) in [5, 5.41) is 7.38. The summed E-state index contributed by atoms with van der Waals surface area (Å²) >= 11 is 1.46. The van der Waals surface area contributed by atoms with Crippen molar-refractivity contribution in [3.05, 3.63) is 144 Å². The van der Waals surface area contributed by atoms with E-state index in [-0.39, 0.29) is 16.9 Å². The Morgan fingerprint density at radius 1 is 0.822 bits per heavy atom. The molecule has 6 rings (SSSR count). The largest absolute Gasteiger partial charge is 0.321 e. The first-order valence-electron chi connectivity index (χ1n) is 14.6. The van der Waals surface area contributed by atoms with Crippen LogP contribution in [-0.4, -0.2) is 32.5 Å². The number of benzene rings is 4. The fourth-order valence-corrected chi connectivity index (χ4v) is 6.25. The number of hydrogen-bond donors (Lipinski definition) is 2. The van der Waals surface area contributed by atoms with Crippen LogP contribution in [0.25, 0.3) is 27.9 Å². The molecule has 0 spiro atoms. The van der Waals surface area contributed by atoms with Gasteiger partial charge in [-0.2, -0.15) is 0 Å². The minimum absolute atomic E-state index is 0.000321. The monoisotopic (exact) mass is 610 g/mol. The molecule has 6 aromatic rings. The Hall–Kier alpha value is -5.47. The number of amides is 2. The number of fused-ring (bicyclic) bond motifs is 3. The molecule has 2 N–H and O–H groups in total. The number of pyridine rings is 1. The van der Waals surface area contributed by atoms with E-state index in [0.29, 0.717) is 23.2 Å². The zero-order chi connectivity index (χ0) is 31.2. The molecule has 2 aromatic heterocycles. The van der Waals surface area contributed by atoms with Gasteiger partial charge in [-0.15, -0.1) is 11.8 Å². The van der Waals surface area contributed by atoms with Crippen molar-refractivity contribution >= 4 is 63.1 Å². The van der Waals surface area contributed by atoms with Crippen molar-refractivity contribution in [3.8, 4) is 0 Å². The summed E-state index contributed by atoms with van der Waals surface area (Å²) in [5.74, 6) is -0.891. The van der Waals surface area contributed by atoms with E-state index in [1.54, 1.807) is 60.9 Å². The molecule has 2 amide bonds. The molecule has 0 saturated carbocycles. The van der Waals surface area contributed by atoms with Gasteiger partial charge in [0.1, 0.15) is 5.70 Å². The van der Waals surface area contributed by atoms with Crippen molar-refractivity contribution in [2.45, 2.75) is 23.5 Å². The van der Waals surface area contributed by atoms with Gasteiger partial charge in [0.05, 0.1) is 16.3 Å². The van der Waals surface area contributed by atoms with Crippen LogP contribution < -0.4 is 10.6 Å². The molecule has 0 fully saturated rings. The number of nitrogens with zero attached hydrogens (tertiary/aromatic N) is 2. The predicted molar refractivity (Wildman–Crippen MR) is 181 cm³/mol. The number of hydrogen-bond acceptors (Lipinski definition) is 5. The highest BCUT2D eigenvalue weighted by Crippen LogP contribution is 2.33. The molecule has 1 atom stereocenters. The minimum Gasteiger partial charge on any atom is -0.321 e. The van der Waals surface area contributed by atoms with Gasteiger partial charge in [-0.3, -0.25) is 23.9 Å². The van der Waals surface area contributed by atoms with Crippen molar-refractivity contribution in [2.75, 3.05) is 5.32 Å². The molecule has 7 nitrogen and oxygen atoms in total. The van der Waals surface area contributed by atoms with Crippen molar-refractivity contribution in [1.29, 1.82) is 0 Å². The van der Waals surface area contributed by atoms with E-state index in [2.05, 4.69) is 15.6 Å². The summed E-state index contributed by atoms with van der Waals surface area (Å²) in [7, 11) is 0. The van der Waals surface area contributed by atoms with Gasteiger partial charge in [-0.05, 0) is 66.6 Å². The lowest BCUT2D eigenvalue weighted by molar-refractivity contribution is -0.113. The fraction of sp³-hybridized carbons (Fsp3) is 0.0811. The maximum Gasteiger partial charge on any atom is 0.272 e. The van der Waals surface area contributed by atoms with Crippen LogP contribution in [-0.2, 0) is 4.79 Å². The Morgan fingerprint density at radius 3 is 2.18 bits per heavy atom. The molecule has 8 heteroatoms. The Bertz CT molecular complexity index is 1980. The third-order valence-corrected chi connectivity index (χ3v) is 8.69. The highest BCUT2D eigenvalue weighted by atomic mass is 32.2. The van der Waals surface area contributed by atoms with E-state index in [9.17, 15) is 14.4 Å². The van der Waals surface area contributed by atoms with Crippen LogP contribution in [0.4, 0.5) is 5.69 Å². The zero-order valence-electron chi connectivity index (χ0n) is 24.5. The third kappa shape index (κ3) is 6.56. The Morgan fingerprint density at radius 2 is 1.51 bits per heavy atom. The molecule has 0 aliphatic carbocycles. The normalized spacial score (nSPS) is 12.2. The molecule has 222 valence electrons. The second-order valence-corrected chi connectivity index (χ2v) is 11.6. The summed E-state index contributed by atoms with van der Waals surface area (Å²) in [6.07, 6.45) is 5.44. The maximum atomic E-state index is 14.0. The lowest BCUT2D eigenvalue weighted by Crippen LogP contribution is -2.30. The number of aromatic nitrogens is 2. The van der Waals surface area contributed by atoms with Gasteiger partial charge >= 0.3 is 0 Å². The van der Waals surface area contributed by atoms with E-state index in [4.69, 9.17) is 0 Å². The number of thioether (sulfide) groups is 1. The average Bonchev–Trinajstić information content (AvgIpc) is 3.42. The molecule has 0 bridgehead atoms. The zero-order valence-corrected chi connectivity index (χ0v) is 25.3. The Labute approximate surface area is 265 Å². The van der Waals surface area contributed by atoms with Gasteiger partial charge in [-0.25, -0.2) is 0 Å². The number of anilines is 1. The topological polar surface area (TPSA) is 93.1 Å². The molecule has 0 aliphatic heterocycles. The van der Waals surface area contributed by atoms with Crippen LogP contribution in [0.1, 0.15) is 34.1 Å². The Balaban J connectivity index is 1.24. The summed E-state index contributed by atoms with van der Waals surface area (Å²) in [5.41, 5.74) is 3.47. The number of carbonyl (C=O) groups is 3. The highest BCUT2D eigenvalue weighted by Gasteiger charge is 2.24. The van der Waals surface area contributed by atoms with Crippen LogP contribution in [0.3, 0.4) is 0 Å². The van der Waals surface area contributed by atoms with Gasteiger partial charge in [0.25, 0.3) is 11.8 Å². The fourth-order valence-electron chi connectivity index (χ4n) is 5.19. The molecule has 1 unspecified atom stereocenters. The molecule has 45 heavy (non-hydrogen) atoms. The van der Waals surface area contributed by atoms with Gasteiger partial charge in [0.15, 0.2) is 0 Å². The lowest BCUT2D eigenvalue weighted by atomic mass is 10.2. The number of carbonyl (C=O) groups excluding carboxylic acids is 3. The van der Waals surface area contributed by atoms with E-state index < -0.39 is 11.8 Å². The summed E-state index contributed by atoms with van der Waals surface area (Å²) < 4.78 is 1.82. The predicted octanol–water partition coefficient (Wildman–Crippen LogP) is 7.81. The molecule has 2 heterocycles. The summed E-state index contributed by atoms with van der Waals surface area (Å²) in [6.45, 7) is 2.00. The van der Waals surface area contributed by atoms with Gasteiger partial charge in [0.2, 0.25) is 5.91 Å². The molecule has 0 saturated heterocycles. The van der Waals surface area contributed by atoms with Crippen molar-refractivity contribution in [2.24, 2.45) is 0 Å². The van der Waals surface area contributed by atoms with Crippen molar-refractivity contribution in [1.82, 2.24) is 14.9 Å². The average molecular weight is 611 g/mol. The SMILES string of the molecule is CCC(Sc1cccc(NC(=O)/C(=C\c2cccnc2)NC(=O)c2ccccc2)c1)C(=O)n1c2ccccc2c2ccccc21. The lowest BCUT2D eigenvalue weighted by Gasteiger charge is -2.17. The quantitative estimate of drug-likeness (QED) is 0.129. The molecule has 4 aromatic carbocycles. The van der Waals surface area contributed by atoms with Crippen LogP contribution in [0.15, 0.2) is 138 Å². The van der Waals surface area contributed by atoms with Crippen LogP contribution in [0.2, 0.25) is 0 Å². The first kappa shape index (κ1) is 29.6. The third-order valence-electron chi connectivity index (χ3n) is 7.34. The molecule has 0 aliphatic rings. The first-order valence-corrected chi connectivity index (χ1v) is 15.5. The number of para-hydroxylation sites is 2.